The summed E-state index contributed by atoms with van der Waals surface area (Å²) < 4.78 is 1.75. The third-order valence-electron chi connectivity index (χ3n) is 2.47. The first-order valence-electron chi connectivity index (χ1n) is 5.07. The third-order valence-corrected chi connectivity index (χ3v) is 2.47. The van der Waals surface area contributed by atoms with Crippen molar-refractivity contribution >= 4 is 5.78 Å². The second-order valence-corrected chi connectivity index (χ2v) is 3.62. The standard InChI is InChI=1S/C12H10N4/c1-9-7-13-12-14-8-11(15-16(9)12)10-5-3-2-4-6-10/h2-8H,1H3. The van der Waals surface area contributed by atoms with Gasteiger partial charge >= 0.3 is 0 Å². The summed E-state index contributed by atoms with van der Waals surface area (Å²) in [6, 6.07) is 9.99. The number of rotatable bonds is 1. The van der Waals surface area contributed by atoms with Crippen LogP contribution in [0, 0.1) is 6.92 Å². The van der Waals surface area contributed by atoms with Crippen LogP contribution in [0.1, 0.15) is 5.69 Å². The van der Waals surface area contributed by atoms with Crippen molar-refractivity contribution in [2.75, 3.05) is 0 Å². The monoisotopic (exact) mass is 210 g/mol. The quantitative estimate of drug-likeness (QED) is 0.617. The van der Waals surface area contributed by atoms with Gasteiger partial charge in [0.1, 0.15) is 5.69 Å². The van der Waals surface area contributed by atoms with E-state index < -0.39 is 0 Å². The highest BCUT2D eigenvalue weighted by molar-refractivity contribution is 5.57. The predicted molar refractivity (Wildman–Crippen MR) is 61.0 cm³/mol. The maximum absolute atomic E-state index is 4.50. The van der Waals surface area contributed by atoms with Crippen LogP contribution in [-0.2, 0) is 0 Å². The molecule has 78 valence electrons. The van der Waals surface area contributed by atoms with Crippen molar-refractivity contribution in [2.45, 2.75) is 6.92 Å². The first kappa shape index (κ1) is 9.03. The van der Waals surface area contributed by atoms with Crippen LogP contribution in [0.3, 0.4) is 0 Å². The zero-order valence-electron chi connectivity index (χ0n) is 8.83. The molecule has 0 radical (unpaired) electrons. The van der Waals surface area contributed by atoms with Gasteiger partial charge in [-0.2, -0.15) is 5.10 Å². The largest absolute Gasteiger partial charge is 0.250 e. The van der Waals surface area contributed by atoms with Crippen molar-refractivity contribution in [3.05, 3.63) is 48.4 Å². The maximum atomic E-state index is 4.50. The summed E-state index contributed by atoms with van der Waals surface area (Å²) in [6.07, 6.45) is 3.52. The number of benzene rings is 1. The molecule has 2 aromatic heterocycles. The molecule has 4 heteroatoms. The van der Waals surface area contributed by atoms with Gasteiger partial charge in [-0.1, -0.05) is 30.3 Å². The molecule has 0 spiro atoms. The molecule has 0 aliphatic carbocycles. The molecule has 2 heterocycles. The molecular weight excluding hydrogens is 200 g/mol. The fraction of sp³-hybridized carbons (Fsp3) is 0.0833. The van der Waals surface area contributed by atoms with Crippen LogP contribution in [0.15, 0.2) is 42.7 Å². The van der Waals surface area contributed by atoms with Crippen LogP contribution in [0.4, 0.5) is 0 Å². The zero-order chi connectivity index (χ0) is 11.0. The Labute approximate surface area is 92.6 Å². The summed E-state index contributed by atoms with van der Waals surface area (Å²) in [5.41, 5.74) is 2.90. The van der Waals surface area contributed by atoms with Gasteiger partial charge in [0.25, 0.3) is 5.78 Å². The highest BCUT2D eigenvalue weighted by Gasteiger charge is 2.04. The van der Waals surface area contributed by atoms with Gasteiger partial charge in [-0.3, -0.25) is 0 Å². The van der Waals surface area contributed by atoms with Crippen molar-refractivity contribution in [1.29, 1.82) is 0 Å². The molecule has 0 aliphatic rings. The molecule has 0 unspecified atom stereocenters. The van der Waals surface area contributed by atoms with Gasteiger partial charge < -0.3 is 0 Å². The lowest BCUT2D eigenvalue weighted by Crippen LogP contribution is -1.98. The number of hydrogen-bond donors (Lipinski definition) is 0. The normalized spacial score (nSPS) is 10.8. The minimum Gasteiger partial charge on any atom is -0.218 e. The van der Waals surface area contributed by atoms with Crippen LogP contribution < -0.4 is 0 Å². The SMILES string of the molecule is Cc1cnc2ncc(-c3ccccc3)nn12. The highest BCUT2D eigenvalue weighted by Crippen LogP contribution is 2.15. The van der Waals surface area contributed by atoms with E-state index in [4.69, 9.17) is 0 Å². The average molecular weight is 210 g/mol. The van der Waals surface area contributed by atoms with E-state index in [1.54, 1.807) is 16.9 Å². The summed E-state index contributed by atoms with van der Waals surface area (Å²) in [6.45, 7) is 1.96. The first-order valence-corrected chi connectivity index (χ1v) is 5.07. The molecule has 0 saturated heterocycles. The average Bonchev–Trinajstić information content (AvgIpc) is 2.72. The van der Waals surface area contributed by atoms with Gasteiger partial charge in [0.05, 0.1) is 18.1 Å². The van der Waals surface area contributed by atoms with E-state index in [0.29, 0.717) is 5.78 Å². The van der Waals surface area contributed by atoms with Crippen molar-refractivity contribution in [1.82, 2.24) is 19.6 Å². The number of nitrogens with zero attached hydrogens (tertiary/aromatic N) is 4. The molecule has 0 saturated carbocycles. The minimum atomic E-state index is 0.636. The number of hydrogen-bond acceptors (Lipinski definition) is 3. The van der Waals surface area contributed by atoms with Crippen molar-refractivity contribution in [3.63, 3.8) is 0 Å². The summed E-state index contributed by atoms with van der Waals surface area (Å²) >= 11 is 0. The molecular formula is C12H10N4. The second-order valence-electron chi connectivity index (χ2n) is 3.62. The van der Waals surface area contributed by atoms with Gasteiger partial charge in [0.2, 0.25) is 0 Å². The van der Waals surface area contributed by atoms with E-state index in [0.717, 1.165) is 17.0 Å². The van der Waals surface area contributed by atoms with E-state index in [1.807, 2.05) is 37.3 Å². The lowest BCUT2D eigenvalue weighted by molar-refractivity contribution is 0.878. The van der Waals surface area contributed by atoms with Crippen LogP contribution in [0.2, 0.25) is 0 Å². The van der Waals surface area contributed by atoms with Crippen LogP contribution in [-0.4, -0.2) is 19.6 Å². The Morgan fingerprint density at radius 3 is 2.56 bits per heavy atom. The highest BCUT2D eigenvalue weighted by atomic mass is 15.3. The summed E-state index contributed by atoms with van der Waals surface area (Å²) in [5, 5.41) is 4.50. The Morgan fingerprint density at radius 2 is 1.75 bits per heavy atom. The molecule has 3 aromatic rings. The minimum absolute atomic E-state index is 0.636. The summed E-state index contributed by atoms with van der Waals surface area (Å²) in [4.78, 5) is 8.41. The Hall–Kier alpha value is -2.23. The lowest BCUT2D eigenvalue weighted by atomic mass is 10.2. The predicted octanol–water partition coefficient (Wildman–Crippen LogP) is 2.10. The molecule has 16 heavy (non-hydrogen) atoms. The van der Waals surface area contributed by atoms with E-state index in [1.165, 1.54) is 0 Å². The van der Waals surface area contributed by atoms with Crippen LogP contribution >= 0.6 is 0 Å². The first-order chi connectivity index (χ1) is 7.84. The van der Waals surface area contributed by atoms with Crippen molar-refractivity contribution in [3.8, 4) is 11.3 Å². The fourth-order valence-electron chi connectivity index (χ4n) is 1.62. The molecule has 0 amide bonds. The van der Waals surface area contributed by atoms with Gasteiger partial charge in [-0.05, 0) is 6.92 Å². The molecule has 4 nitrogen and oxygen atoms in total. The maximum Gasteiger partial charge on any atom is 0.250 e. The fourth-order valence-corrected chi connectivity index (χ4v) is 1.62. The van der Waals surface area contributed by atoms with Crippen LogP contribution in [0.5, 0.6) is 0 Å². The van der Waals surface area contributed by atoms with Gasteiger partial charge in [0.15, 0.2) is 0 Å². The van der Waals surface area contributed by atoms with Crippen molar-refractivity contribution in [2.24, 2.45) is 0 Å². The molecule has 0 aliphatic heterocycles. The second kappa shape index (κ2) is 3.41. The van der Waals surface area contributed by atoms with Gasteiger partial charge in [-0.25, -0.2) is 14.5 Å². The van der Waals surface area contributed by atoms with Gasteiger partial charge in [0, 0.05) is 5.56 Å². The Balaban J connectivity index is 2.22. The summed E-state index contributed by atoms with van der Waals surface area (Å²) in [7, 11) is 0. The van der Waals surface area contributed by atoms with E-state index in [-0.39, 0.29) is 0 Å². The molecule has 0 atom stereocenters. The molecule has 0 N–H and O–H groups in total. The summed E-state index contributed by atoms with van der Waals surface area (Å²) in [5.74, 6) is 0.636. The molecule has 3 rings (SSSR count). The van der Waals surface area contributed by atoms with Crippen molar-refractivity contribution < 1.29 is 0 Å². The molecule has 1 aromatic carbocycles. The van der Waals surface area contributed by atoms with E-state index >= 15 is 0 Å². The number of aromatic nitrogens is 4. The Morgan fingerprint density at radius 1 is 1.00 bits per heavy atom. The number of imidazole rings is 1. The Bertz CT molecular complexity index is 628. The topological polar surface area (TPSA) is 43.1 Å². The molecule has 0 fully saturated rings. The van der Waals surface area contributed by atoms with Gasteiger partial charge in [-0.15, -0.1) is 0 Å². The number of fused-ring (bicyclic) bond motifs is 1. The lowest BCUT2D eigenvalue weighted by Gasteiger charge is -2.01. The van der Waals surface area contributed by atoms with Crippen LogP contribution in [0.25, 0.3) is 17.0 Å². The third kappa shape index (κ3) is 1.35. The smallest absolute Gasteiger partial charge is 0.218 e. The molecule has 0 bridgehead atoms. The Kier molecular flexibility index (Phi) is 1.93. The van der Waals surface area contributed by atoms with E-state index in [2.05, 4.69) is 15.1 Å². The zero-order valence-corrected chi connectivity index (χ0v) is 8.83. The number of aryl methyl sites for hydroxylation is 1. The van der Waals surface area contributed by atoms with E-state index in [9.17, 15) is 0 Å².